The lowest BCUT2D eigenvalue weighted by Gasteiger charge is -2.34. The summed E-state index contributed by atoms with van der Waals surface area (Å²) in [5.74, 6) is -2.66. The van der Waals surface area contributed by atoms with E-state index in [0.29, 0.717) is 23.5 Å². The van der Waals surface area contributed by atoms with Crippen LogP contribution in [0.1, 0.15) is 65.1 Å². The van der Waals surface area contributed by atoms with Crippen LogP contribution in [0, 0.1) is 12.8 Å². The molecule has 3 aliphatic heterocycles. The maximum atomic E-state index is 15.4. The van der Waals surface area contributed by atoms with Crippen molar-refractivity contribution in [1.82, 2.24) is 47.1 Å². The van der Waals surface area contributed by atoms with Crippen molar-refractivity contribution in [2.75, 3.05) is 32.7 Å². The number of carbonyl (C=O) groups excluding carboxylic acids is 6. The summed E-state index contributed by atoms with van der Waals surface area (Å²) in [6, 6.07) is 33.1. The van der Waals surface area contributed by atoms with E-state index in [1.807, 2.05) is 110 Å². The first kappa shape index (κ1) is 56.6. The number of piperidine rings is 1. The number of amides is 6. The lowest BCUT2D eigenvalue weighted by Crippen LogP contribution is -2.62. The van der Waals surface area contributed by atoms with Gasteiger partial charge in [0.15, 0.2) is 0 Å². The van der Waals surface area contributed by atoms with Gasteiger partial charge in [0.25, 0.3) is 0 Å². The summed E-state index contributed by atoms with van der Waals surface area (Å²) < 4.78 is 11.9. The summed E-state index contributed by atoms with van der Waals surface area (Å²) in [5, 5.41) is 34.6. The number of rotatable bonds is 15. The van der Waals surface area contributed by atoms with Crippen LogP contribution >= 0.6 is 0 Å². The fourth-order valence-electron chi connectivity index (χ4n) is 10.9. The molecule has 3 aliphatic rings. The largest absolute Gasteiger partial charge is 0.489 e. The third-order valence-corrected chi connectivity index (χ3v) is 15.1. The molecule has 0 radical (unpaired) electrons. The average molecular weight is 1090 g/mol. The number of aliphatic hydroxyl groups excluding tert-OH is 1. The van der Waals surface area contributed by atoms with Crippen LogP contribution in [0.25, 0.3) is 10.9 Å². The molecule has 420 valence electrons. The first-order valence-corrected chi connectivity index (χ1v) is 27.6. The van der Waals surface area contributed by atoms with Gasteiger partial charge in [0, 0.05) is 43.0 Å². The number of aryl methyl sites for hydroxylation is 1. The highest BCUT2D eigenvalue weighted by Gasteiger charge is 2.45. The topological polar surface area (TPSA) is 270 Å². The molecule has 0 aliphatic carbocycles. The Hall–Kier alpha value is -8.10. The molecule has 1 aromatic heterocycles. The van der Waals surface area contributed by atoms with E-state index in [1.165, 1.54) is 4.90 Å². The van der Waals surface area contributed by atoms with Gasteiger partial charge in [0.05, 0.1) is 18.6 Å². The predicted octanol–water partition coefficient (Wildman–Crippen LogP) is 3.73. The van der Waals surface area contributed by atoms with Crippen LogP contribution in [0.5, 0.6) is 5.75 Å². The number of hydrogen-bond acceptors (Lipinski definition) is 12. The van der Waals surface area contributed by atoms with Crippen LogP contribution in [0.4, 0.5) is 4.79 Å². The van der Waals surface area contributed by atoms with Crippen LogP contribution in [0.15, 0.2) is 140 Å². The van der Waals surface area contributed by atoms with Crippen LogP contribution in [0.2, 0.25) is 0 Å². The Morgan fingerprint density at radius 3 is 2.09 bits per heavy atom. The number of ether oxygens (including phenoxy) is 2. The Kier molecular flexibility index (Phi) is 19.2. The van der Waals surface area contributed by atoms with Crippen LogP contribution < -0.4 is 47.7 Å². The number of aromatic amines is 1. The molecule has 80 heavy (non-hydrogen) atoms. The second kappa shape index (κ2) is 27.2. The van der Waals surface area contributed by atoms with Crippen molar-refractivity contribution >= 4 is 46.5 Å². The SMILES string of the molecule is Cc1ccc2[nH]cc(C[C@H]3NC(=O)[C@H](c4ccccc4)NC(=O)[C@@H]4C[C@@H](OC(=O)NCCN)CN4C(=O)[C@H](Cc4ccccc4)NC(O)[C@H](Cc4ccc(OCc5ccccc5)cc4)NC(=O)[C@H](CC4CCNCC4)NC3=O)c2c1. The van der Waals surface area contributed by atoms with E-state index in [1.54, 1.807) is 36.5 Å². The van der Waals surface area contributed by atoms with Crippen LogP contribution in [0.3, 0.4) is 0 Å². The van der Waals surface area contributed by atoms with E-state index in [-0.39, 0.29) is 57.7 Å². The quantitative estimate of drug-likeness (QED) is 0.0705. The number of fused-ring (bicyclic) bond motifs is 2. The highest BCUT2D eigenvalue weighted by molar-refractivity contribution is 5.97. The molecule has 8 atom stereocenters. The summed E-state index contributed by atoms with van der Waals surface area (Å²) in [6.07, 6.45) is 0.0624. The minimum atomic E-state index is -1.61. The Morgan fingerprint density at radius 2 is 1.38 bits per heavy atom. The number of carbonyl (C=O) groups is 6. The first-order valence-electron chi connectivity index (χ1n) is 27.6. The normalized spacial score (nSPS) is 23.6. The summed E-state index contributed by atoms with van der Waals surface area (Å²) >= 11 is 0. The van der Waals surface area contributed by atoms with Gasteiger partial charge in [-0.25, -0.2) is 4.79 Å². The molecule has 0 spiro atoms. The molecule has 6 aromatic rings. The van der Waals surface area contributed by atoms with Gasteiger partial charge >= 0.3 is 6.09 Å². The van der Waals surface area contributed by atoms with Crippen molar-refractivity contribution in [3.8, 4) is 5.75 Å². The van der Waals surface area contributed by atoms with E-state index in [2.05, 4.69) is 42.2 Å². The zero-order chi connectivity index (χ0) is 56.0. The van der Waals surface area contributed by atoms with E-state index in [0.717, 1.165) is 59.1 Å². The second-order valence-corrected chi connectivity index (χ2v) is 21.0. The van der Waals surface area contributed by atoms with Gasteiger partial charge in [-0.2, -0.15) is 0 Å². The summed E-state index contributed by atoms with van der Waals surface area (Å²) in [5.41, 5.74) is 11.0. The number of aromatic nitrogens is 1. The van der Waals surface area contributed by atoms with Crippen molar-refractivity contribution in [3.63, 3.8) is 0 Å². The monoisotopic (exact) mass is 1090 g/mol. The van der Waals surface area contributed by atoms with Gasteiger partial charge < -0.3 is 62.1 Å². The van der Waals surface area contributed by atoms with Crippen molar-refractivity contribution < 1.29 is 43.3 Å². The summed E-state index contributed by atoms with van der Waals surface area (Å²) in [6.45, 7) is 3.79. The molecule has 5 aromatic carbocycles. The molecular weight excluding hydrogens is 1020 g/mol. The number of alkyl carbamates (subject to hydrolysis) is 1. The number of nitrogens with one attached hydrogen (secondary N) is 8. The van der Waals surface area contributed by atoms with E-state index < -0.39 is 84.2 Å². The third-order valence-electron chi connectivity index (χ3n) is 15.1. The minimum absolute atomic E-state index is 0.00651. The van der Waals surface area contributed by atoms with Gasteiger partial charge in [-0.05, 0) is 110 Å². The molecular formula is C61H72N10O9. The zero-order valence-electron chi connectivity index (χ0n) is 44.9. The van der Waals surface area contributed by atoms with Gasteiger partial charge in [-0.1, -0.05) is 115 Å². The lowest BCUT2D eigenvalue weighted by molar-refractivity contribution is -0.142. The molecule has 3 saturated heterocycles. The maximum absolute atomic E-state index is 15.4. The van der Waals surface area contributed by atoms with E-state index in [9.17, 15) is 9.90 Å². The number of hydrogen-bond donors (Lipinski definition) is 10. The van der Waals surface area contributed by atoms with Crippen molar-refractivity contribution in [1.29, 1.82) is 0 Å². The molecule has 19 nitrogen and oxygen atoms in total. The molecule has 19 heteroatoms. The van der Waals surface area contributed by atoms with Crippen molar-refractivity contribution in [2.45, 2.75) is 107 Å². The number of benzene rings is 5. The Labute approximate surface area is 465 Å². The molecule has 4 heterocycles. The maximum Gasteiger partial charge on any atom is 0.407 e. The number of nitrogens with zero attached hydrogens (tertiary/aromatic N) is 1. The Morgan fingerprint density at radius 1 is 0.713 bits per heavy atom. The summed E-state index contributed by atoms with van der Waals surface area (Å²) in [4.78, 5) is 93.7. The van der Waals surface area contributed by atoms with Gasteiger partial charge in [0.1, 0.15) is 48.9 Å². The number of aliphatic hydroxyl groups is 1. The third kappa shape index (κ3) is 15.0. The van der Waals surface area contributed by atoms with Gasteiger partial charge in [-0.15, -0.1) is 0 Å². The second-order valence-electron chi connectivity index (χ2n) is 21.0. The standard InChI is InChI=1S/C61H72N10O9/c1-38-17-22-48-47(29-38)44(35-65-48)33-51-57(74)67-50(31-41-23-26-63-27-24-41)55(72)66-49(30-40-18-20-45(21-19-40)79-37-42-13-7-3-8-14-42)56(73)69-52(32-39-11-5-2-6-12-39)60(77)71-36-46(80-61(78)64-28-25-62)34-53(71)58(75)70-54(59(76)68-51)43-15-9-4-10-16-43/h2-22,29,35,41,46,49-54,56,63,65,69,73H,23-28,30-34,36-37,62H2,1H3,(H,64,78)(H,66,72)(H,67,74)(H,68,76)(H,70,75)/t46-,49+,50+,51-,52+,53+,54+,56?/m1/s1. The molecule has 9 rings (SSSR count). The number of nitrogens with two attached hydrogens (primary N) is 1. The molecule has 11 N–H and O–H groups in total. The predicted molar refractivity (Wildman–Crippen MR) is 302 cm³/mol. The molecule has 0 bridgehead atoms. The van der Waals surface area contributed by atoms with Crippen molar-refractivity contribution in [3.05, 3.63) is 173 Å². The lowest BCUT2D eigenvalue weighted by atomic mass is 9.90. The number of H-pyrrole nitrogens is 1. The highest BCUT2D eigenvalue weighted by Crippen LogP contribution is 2.27. The van der Waals surface area contributed by atoms with Gasteiger partial charge in [-0.3, -0.25) is 29.3 Å². The zero-order valence-corrected chi connectivity index (χ0v) is 44.9. The fraction of sp³-hybridized carbons (Fsp3) is 0.377. The highest BCUT2D eigenvalue weighted by atomic mass is 16.6. The smallest absolute Gasteiger partial charge is 0.407 e. The minimum Gasteiger partial charge on any atom is -0.489 e. The summed E-state index contributed by atoms with van der Waals surface area (Å²) in [7, 11) is 0. The Bertz CT molecular complexity index is 3050. The average Bonchev–Trinajstić information content (AvgIpc) is 4.13. The van der Waals surface area contributed by atoms with E-state index in [4.69, 9.17) is 15.2 Å². The van der Waals surface area contributed by atoms with E-state index >= 15 is 24.0 Å². The Balaban J connectivity index is 1.12. The van der Waals surface area contributed by atoms with Gasteiger partial charge in [0.2, 0.25) is 29.5 Å². The molecule has 3 fully saturated rings. The molecule has 6 amide bonds. The van der Waals surface area contributed by atoms with Crippen LogP contribution in [-0.4, -0.2) is 126 Å². The van der Waals surface area contributed by atoms with Crippen molar-refractivity contribution in [2.24, 2.45) is 11.7 Å². The molecule has 0 saturated carbocycles. The fourth-order valence-corrected chi connectivity index (χ4v) is 10.9. The molecule has 1 unspecified atom stereocenters. The first-order chi connectivity index (χ1) is 38.9. The van der Waals surface area contributed by atoms with Crippen LogP contribution in [-0.2, 0) is 54.6 Å².